The molecule has 10 nitrogen and oxygen atoms in total. The lowest BCUT2D eigenvalue weighted by atomic mass is 10.1. The molecule has 4 rings (SSSR count). The number of aromatic nitrogens is 2. The van der Waals surface area contributed by atoms with Gasteiger partial charge in [-0.05, 0) is 36.6 Å². The highest BCUT2D eigenvalue weighted by atomic mass is 35.5. The SMILES string of the molecule is Cl.Cn1c(=O)c(Cc2ccc(C(=N)N)cc2)nc2cc(N(C3CCCC3)S(=O)(=O)CCC(=O)O)ccc21. The van der Waals surface area contributed by atoms with E-state index in [1.807, 2.05) is 0 Å². The maximum atomic E-state index is 13.2. The summed E-state index contributed by atoms with van der Waals surface area (Å²) >= 11 is 0. The van der Waals surface area contributed by atoms with E-state index in [1.54, 1.807) is 49.5 Å². The zero-order chi connectivity index (χ0) is 26.0. The highest BCUT2D eigenvalue weighted by Gasteiger charge is 2.33. The number of sulfonamides is 1. The number of amidine groups is 1. The molecule has 0 atom stereocenters. The third-order valence-electron chi connectivity index (χ3n) is 6.55. The Morgan fingerprint density at radius 3 is 2.43 bits per heavy atom. The number of nitrogens with one attached hydrogen (secondary N) is 1. The summed E-state index contributed by atoms with van der Waals surface area (Å²) in [5.74, 6) is -1.70. The molecule has 3 aromatic rings. The quantitative estimate of drug-likeness (QED) is 0.274. The van der Waals surface area contributed by atoms with E-state index >= 15 is 0 Å². The molecule has 0 bridgehead atoms. The van der Waals surface area contributed by atoms with Gasteiger partial charge in [0.05, 0.1) is 28.9 Å². The van der Waals surface area contributed by atoms with Crippen LogP contribution >= 0.6 is 12.4 Å². The van der Waals surface area contributed by atoms with E-state index in [0.717, 1.165) is 18.4 Å². The van der Waals surface area contributed by atoms with Gasteiger partial charge >= 0.3 is 5.97 Å². The Kier molecular flexibility index (Phi) is 8.60. The second-order valence-corrected chi connectivity index (χ2v) is 11.0. The minimum absolute atomic E-state index is 0. The summed E-state index contributed by atoms with van der Waals surface area (Å²) in [6.45, 7) is 0. The van der Waals surface area contributed by atoms with Crippen LogP contribution in [0.1, 0.15) is 48.9 Å². The van der Waals surface area contributed by atoms with Crippen molar-refractivity contribution in [1.29, 1.82) is 5.41 Å². The second kappa shape index (κ2) is 11.3. The van der Waals surface area contributed by atoms with Crippen LogP contribution in [0.4, 0.5) is 5.69 Å². The first kappa shape index (κ1) is 28.1. The van der Waals surface area contributed by atoms with Crippen LogP contribution in [0.5, 0.6) is 0 Å². The fourth-order valence-electron chi connectivity index (χ4n) is 4.68. The minimum Gasteiger partial charge on any atom is -0.481 e. The number of aryl methyl sites for hydroxylation is 1. The van der Waals surface area contributed by atoms with E-state index in [4.69, 9.17) is 16.2 Å². The number of aliphatic carboxylic acids is 1. The summed E-state index contributed by atoms with van der Waals surface area (Å²) in [6, 6.07) is 11.7. The van der Waals surface area contributed by atoms with Gasteiger partial charge in [-0.15, -0.1) is 12.4 Å². The predicted molar refractivity (Wildman–Crippen MR) is 145 cm³/mol. The summed E-state index contributed by atoms with van der Waals surface area (Å²) in [6.07, 6.45) is 3.00. The summed E-state index contributed by atoms with van der Waals surface area (Å²) in [7, 11) is -2.24. The van der Waals surface area contributed by atoms with Crippen molar-refractivity contribution in [2.45, 2.75) is 44.6 Å². The number of hydrogen-bond donors (Lipinski definition) is 3. The first-order chi connectivity index (χ1) is 17.1. The molecule has 1 fully saturated rings. The summed E-state index contributed by atoms with van der Waals surface area (Å²) in [5.41, 5.74) is 8.42. The number of anilines is 1. The topological polar surface area (TPSA) is 159 Å². The summed E-state index contributed by atoms with van der Waals surface area (Å²) in [5, 5.41) is 16.6. The van der Waals surface area contributed by atoms with E-state index in [-0.39, 0.29) is 36.3 Å². The third kappa shape index (κ3) is 6.11. The lowest BCUT2D eigenvalue weighted by molar-refractivity contribution is -0.136. The number of fused-ring (bicyclic) bond motifs is 1. The Balaban J connectivity index is 0.00000380. The van der Waals surface area contributed by atoms with Gasteiger partial charge in [-0.3, -0.25) is 19.3 Å². The zero-order valence-corrected chi connectivity index (χ0v) is 22.0. The van der Waals surface area contributed by atoms with Gasteiger partial charge in [-0.1, -0.05) is 37.1 Å². The monoisotopic (exact) mass is 547 g/mol. The molecular weight excluding hydrogens is 518 g/mol. The van der Waals surface area contributed by atoms with Crippen LogP contribution < -0.4 is 15.6 Å². The van der Waals surface area contributed by atoms with Gasteiger partial charge in [0.15, 0.2) is 0 Å². The van der Waals surface area contributed by atoms with Gasteiger partial charge in [0.25, 0.3) is 5.56 Å². The predicted octanol–water partition coefficient (Wildman–Crippen LogP) is 2.78. The van der Waals surface area contributed by atoms with Gasteiger partial charge in [-0.25, -0.2) is 13.4 Å². The van der Waals surface area contributed by atoms with E-state index < -0.39 is 28.2 Å². The van der Waals surface area contributed by atoms with Crippen molar-refractivity contribution in [2.24, 2.45) is 12.8 Å². The molecule has 1 aromatic heterocycles. The van der Waals surface area contributed by atoms with Crippen molar-refractivity contribution in [2.75, 3.05) is 10.1 Å². The van der Waals surface area contributed by atoms with Gasteiger partial charge in [-0.2, -0.15) is 0 Å². The maximum Gasteiger partial charge on any atom is 0.304 e. The molecule has 4 N–H and O–H groups in total. The third-order valence-corrected chi connectivity index (χ3v) is 8.38. The molecule has 0 radical (unpaired) electrons. The number of benzene rings is 2. The normalized spacial score (nSPS) is 13.9. The number of carbonyl (C=O) groups is 1. The molecule has 0 unspecified atom stereocenters. The molecule has 37 heavy (non-hydrogen) atoms. The fourth-order valence-corrected chi connectivity index (χ4v) is 6.41. The van der Waals surface area contributed by atoms with Crippen molar-refractivity contribution in [1.82, 2.24) is 9.55 Å². The van der Waals surface area contributed by atoms with E-state index in [1.165, 1.54) is 8.87 Å². The molecule has 0 amide bonds. The molecule has 1 aliphatic rings. The maximum absolute atomic E-state index is 13.2. The Hall–Kier alpha value is -3.44. The van der Waals surface area contributed by atoms with Crippen molar-refractivity contribution in [3.8, 4) is 0 Å². The summed E-state index contributed by atoms with van der Waals surface area (Å²) in [4.78, 5) is 28.6. The Morgan fingerprint density at radius 2 is 1.84 bits per heavy atom. The van der Waals surface area contributed by atoms with Crippen LogP contribution in [0.25, 0.3) is 11.0 Å². The lowest BCUT2D eigenvalue weighted by Gasteiger charge is -2.30. The van der Waals surface area contributed by atoms with Gasteiger partial charge in [0.2, 0.25) is 10.0 Å². The summed E-state index contributed by atoms with van der Waals surface area (Å²) < 4.78 is 29.3. The highest BCUT2D eigenvalue weighted by Crippen LogP contribution is 2.32. The molecule has 1 saturated carbocycles. The molecule has 0 saturated heterocycles. The molecule has 0 aliphatic heterocycles. The number of nitrogen functional groups attached to an aromatic ring is 1. The van der Waals surface area contributed by atoms with E-state index in [2.05, 4.69) is 4.98 Å². The van der Waals surface area contributed by atoms with Crippen LogP contribution in [-0.2, 0) is 28.3 Å². The Bertz CT molecular complexity index is 1480. The number of carboxylic acids is 1. The molecule has 2 aromatic carbocycles. The van der Waals surface area contributed by atoms with Crippen LogP contribution in [-0.4, -0.2) is 46.7 Å². The minimum atomic E-state index is -3.88. The largest absolute Gasteiger partial charge is 0.481 e. The Morgan fingerprint density at radius 1 is 1.19 bits per heavy atom. The van der Waals surface area contributed by atoms with Crippen molar-refractivity contribution >= 4 is 51.0 Å². The van der Waals surface area contributed by atoms with Gasteiger partial charge < -0.3 is 15.4 Å². The Labute approximate surface area is 221 Å². The number of nitrogens with zero attached hydrogens (tertiary/aromatic N) is 3. The van der Waals surface area contributed by atoms with Gasteiger partial charge in [0.1, 0.15) is 11.5 Å². The second-order valence-electron chi connectivity index (χ2n) is 9.08. The zero-order valence-electron chi connectivity index (χ0n) is 20.4. The molecule has 12 heteroatoms. The number of carboxylic acid groups (broad SMARTS) is 1. The number of nitrogens with two attached hydrogens (primary N) is 1. The molecule has 1 heterocycles. The van der Waals surface area contributed by atoms with E-state index in [0.29, 0.717) is 40.8 Å². The van der Waals surface area contributed by atoms with Crippen LogP contribution in [0.3, 0.4) is 0 Å². The lowest BCUT2D eigenvalue weighted by Crippen LogP contribution is -2.40. The van der Waals surface area contributed by atoms with Gasteiger partial charge in [0, 0.05) is 25.1 Å². The van der Waals surface area contributed by atoms with Crippen molar-refractivity contribution in [3.63, 3.8) is 0 Å². The first-order valence-electron chi connectivity index (χ1n) is 11.7. The number of rotatable bonds is 9. The number of halogens is 1. The van der Waals surface area contributed by atoms with Crippen LogP contribution in [0.2, 0.25) is 0 Å². The van der Waals surface area contributed by atoms with Crippen molar-refractivity contribution < 1.29 is 18.3 Å². The first-order valence-corrected chi connectivity index (χ1v) is 13.3. The standard InChI is InChI=1S/C25H29N5O5S.ClH/c1-29-22-11-10-19(30(18-4-2-3-5-18)36(34,35)13-12-23(31)32)15-20(22)28-21(25(29)33)14-16-6-8-17(9-7-16)24(26)27;/h6-11,15,18H,2-5,12-14H2,1H3,(H3,26,27)(H,31,32);1H. The van der Waals surface area contributed by atoms with Crippen LogP contribution in [0.15, 0.2) is 47.3 Å². The molecule has 198 valence electrons. The van der Waals surface area contributed by atoms with Crippen LogP contribution in [0, 0.1) is 5.41 Å². The molecule has 1 aliphatic carbocycles. The van der Waals surface area contributed by atoms with E-state index in [9.17, 15) is 18.0 Å². The fraction of sp³-hybridized carbons (Fsp3) is 0.360. The van der Waals surface area contributed by atoms with Crippen molar-refractivity contribution in [3.05, 3.63) is 69.6 Å². The molecular formula is C25H30ClN5O5S. The molecule has 0 spiro atoms. The average molecular weight is 548 g/mol. The smallest absolute Gasteiger partial charge is 0.304 e. The number of hydrogen-bond acceptors (Lipinski definition) is 6. The average Bonchev–Trinajstić information content (AvgIpc) is 3.35. The highest BCUT2D eigenvalue weighted by molar-refractivity contribution is 7.92.